The van der Waals surface area contributed by atoms with Crippen LogP contribution in [0.25, 0.3) is 0 Å². The normalized spacial score (nSPS) is 10.3. The van der Waals surface area contributed by atoms with Crippen LogP contribution in [-0.4, -0.2) is 32.0 Å². The molecule has 0 aromatic heterocycles. The Morgan fingerprint density at radius 3 is 2.35 bits per heavy atom. The number of Topliss-reactive ketones (excluding diaryl/α,β-unsaturated/α-hetero) is 1. The molecule has 2 aromatic carbocycles. The van der Waals surface area contributed by atoms with Gasteiger partial charge < -0.3 is 14.8 Å². The predicted molar refractivity (Wildman–Crippen MR) is 101 cm³/mol. The smallest absolute Gasteiger partial charge is 0.220 e. The van der Waals surface area contributed by atoms with Crippen LogP contribution in [0, 0.1) is 13.8 Å². The van der Waals surface area contributed by atoms with E-state index in [9.17, 15) is 9.59 Å². The van der Waals surface area contributed by atoms with E-state index in [1.807, 2.05) is 56.3 Å². The summed E-state index contributed by atoms with van der Waals surface area (Å²) in [5.41, 5.74) is 2.67. The first-order valence-corrected chi connectivity index (χ1v) is 8.63. The lowest BCUT2D eigenvalue weighted by Crippen LogP contribution is -2.28. The highest BCUT2D eigenvalue weighted by atomic mass is 16.5. The number of aryl methyl sites for hydroxylation is 2. The van der Waals surface area contributed by atoms with Gasteiger partial charge in [0, 0.05) is 18.4 Å². The number of carbonyl (C=O) groups is 2. The minimum absolute atomic E-state index is 0.00386. The maximum absolute atomic E-state index is 12.3. The number of nitrogens with one attached hydrogen (secondary N) is 1. The van der Waals surface area contributed by atoms with Gasteiger partial charge in [0.1, 0.15) is 18.1 Å². The minimum Gasteiger partial charge on any atom is -0.497 e. The van der Waals surface area contributed by atoms with Crippen molar-refractivity contribution in [3.63, 3.8) is 0 Å². The first-order chi connectivity index (χ1) is 12.5. The summed E-state index contributed by atoms with van der Waals surface area (Å²) in [6.45, 7) is 4.61. The lowest BCUT2D eigenvalue weighted by molar-refractivity contribution is -0.121. The number of amides is 1. The van der Waals surface area contributed by atoms with E-state index in [0.29, 0.717) is 24.5 Å². The van der Waals surface area contributed by atoms with Crippen LogP contribution in [0.2, 0.25) is 0 Å². The van der Waals surface area contributed by atoms with E-state index in [2.05, 4.69) is 5.32 Å². The molecule has 0 aliphatic heterocycles. The topological polar surface area (TPSA) is 64.6 Å². The first-order valence-electron chi connectivity index (χ1n) is 8.63. The second kappa shape index (κ2) is 9.61. The molecule has 0 heterocycles. The molecule has 2 rings (SSSR count). The van der Waals surface area contributed by atoms with Gasteiger partial charge >= 0.3 is 0 Å². The lowest BCUT2D eigenvalue weighted by atomic mass is 9.99. The number of ether oxygens (including phenoxy) is 2. The Morgan fingerprint density at radius 2 is 1.65 bits per heavy atom. The lowest BCUT2D eigenvalue weighted by Gasteiger charge is -2.09. The Balaban J connectivity index is 1.68. The fraction of sp³-hybridized carbons (Fsp3) is 0.333. The second-order valence-electron chi connectivity index (χ2n) is 6.12. The van der Waals surface area contributed by atoms with Crippen LogP contribution in [0.5, 0.6) is 11.5 Å². The molecular weight excluding hydrogens is 330 g/mol. The van der Waals surface area contributed by atoms with Crippen molar-refractivity contribution in [3.05, 3.63) is 59.2 Å². The molecule has 5 nitrogen and oxygen atoms in total. The Morgan fingerprint density at radius 1 is 0.962 bits per heavy atom. The molecule has 0 saturated carbocycles. The Bertz CT molecular complexity index is 753. The largest absolute Gasteiger partial charge is 0.497 e. The standard InChI is InChI=1S/C21H25NO4/c1-15-4-5-16(2)19(14-15)20(23)10-11-21(24)22-12-13-26-18-8-6-17(25-3)7-9-18/h4-9,14H,10-13H2,1-3H3,(H,22,24). The third kappa shape index (κ3) is 5.92. The van der Waals surface area contributed by atoms with Gasteiger partial charge in [-0.2, -0.15) is 0 Å². The second-order valence-corrected chi connectivity index (χ2v) is 6.12. The number of ketones is 1. The van der Waals surface area contributed by atoms with Crippen LogP contribution < -0.4 is 14.8 Å². The summed E-state index contributed by atoms with van der Waals surface area (Å²) in [6, 6.07) is 13.0. The van der Waals surface area contributed by atoms with Gasteiger partial charge in [-0.05, 0) is 49.7 Å². The number of hydrogen-bond acceptors (Lipinski definition) is 4. The molecule has 0 aliphatic carbocycles. The predicted octanol–water partition coefficient (Wildman–Crippen LogP) is 3.47. The fourth-order valence-corrected chi connectivity index (χ4v) is 2.52. The van der Waals surface area contributed by atoms with Crippen LogP contribution in [0.1, 0.15) is 34.3 Å². The third-order valence-electron chi connectivity index (χ3n) is 4.02. The van der Waals surface area contributed by atoms with Gasteiger partial charge in [0.2, 0.25) is 5.91 Å². The van der Waals surface area contributed by atoms with Gasteiger partial charge in [0.25, 0.3) is 0 Å². The Kier molecular flexibility index (Phi) is 7.21. The number of benzene rings is 2. The summed E-state index contributed by atoms with van der Waals surface area (Å²) in [6.07, 6.45) is 0.379. The number of carbonyl (C=O) groups excluding carboxylic acids is 2. The number of hydrogen-bond donors (Lipinski definition) is 1. The van der Waals surface area contributed by atoms with E-state index in [1.165, 1.54) is 0 Å². The molecule has 0 aliphatic rings. The average molecular weight is 355 g/mol. The third-order valence-corrected chi connectivity index (χ3v) is 4.02. The van der Waals surface area contributed by atoms with Gasteiger partial charge in [-0.3, -0.25) is 9.59 Å². The summed E-state index contributed by atoms with van der Waals surface area (Å²) in [5.74, 6) is 1.32. The summed E-state index contributed by atoms with van der Waals surface area (Å²) in [7, 11) is 1.61. The summed E-state index contributed by atoms with van der Waals surface area (Å²) < 4.78 is 10.6. The van der Waals surface area contributed by atoms with Gasteiger partial charge in [-0.15, -0.1) is 0 Å². The van der Waals surface area contributed by atoms with E-state index in [-0.39, 0.29) is 24.5 Å². The molecule has 0 fully saturated rings. The van der Waals surface area contributed by atoms with Gasteiger partial charge in [0.15, 0.2) is 5.78 Å². The average Bonchev–Trinajstić information content (AvgIpc) is 2.65. The minimum atomic E-state index is -0.151. The molecule has 0 atom stereocenters. The maximum atomic E-state index is 12.3. The van der Waals surface area contributed by atoms with Crippen molar-refractivity contribution in [1.82, 2.24) is 5.32 Å². The van der Waals surface area contributed by atoms with Gasteiger partial charge in [-0.1, -0.05) is 17.7 Å². The van der Waals surface area contributed by atoms with Crippen LogP contribution in [0.15, 0.2) is 42.5 Å². The molecule has 5 heteroatoms. The van der Waals surface area contributed by atoms with Gasteiger partial charge in [-0.25, -0.2) is 0 Å². The molecule has 0 radical (unpaired) electrons. The van der Waals surface area contributed by atoms with E-state index in [1.54, 1.807) is 7.11 Å². The van der Waals surface area contributed by atoms with Crippen molar-refractivity contribution < 1.29 is 19.1 Å². The number of rotatable bonds is 9. The Labute approximate surface area is 154 Å². The van der Waals surface area contributed by atoms with E-state index in [0.717, 1.165) is 16.9 Å². The Hall–Kier alpha value is -2.82. The van der Waals surface area contributed by atoms with Crippen molar-refractivity contribution in [2.24, 2.45) is 0 Å². The van der Waals surface area contributed by atoms with E-state index < -0.39 is 0 Å². The zero-order valence-electron chi connectivity index (χ0n) is 15.5. The zero-order valence-corrected chi connectivity index (χ0v) is 15.5. The quantitative estimate of drug-likeness (QED) is 0.553. The first kappa shape index (κ1) is 19.5. The summed E-state index contributed by atoms with van der Waals surface area (Å²) >= 11 is 0. The summed E-state index contributed by atoms with van der Waals surface area (Å²) in [5, 5.41) is 2.77. The fourth-order valence-electron chi connectivity index (χ4n) is 2.52. The van der Waals surface area contributed by atoms with E-state index >= 15 is 0 Å². The molecule has 0 spiro atoms. The molecular formula is C21H25NO4. The van der Waals surface area contributed by atoms with Crippen molar-refractivity contribution in [1.29, 1.82) is 0 Å². The van der Waals surface area contributed by atoms with Crippen molar-refractivity contribution in [2.75, 3.05) is 20.3 Å². The van der Waals surface area contributed by atoms with Crippen molar-refractivity contribution in [2.45, 2.75) is 26.7 Å². The maximum Gasteiger partial charge on any atom is 0.220 e. The molecule has 1 N–H and O–H groups in total. The molecule has 1 amide bonds. The molecule has 26 heavy (non-hydrogen) atoms. The SMILES string of the molecule is COc1ccc(OCCNC(=O)CCC(=O)c2cc(C)ccc2C)cc1. The van der Waals surface area contributed by atoms with Crippen LogP contribution in [0.3, 0.4) is 0 Å². The van der Waals surface area contributed by atoms with Crippen molar-refractivity contribution >= 4 is 11.7 Å². The molecule has 0 bridgehead atoms. The van der Waals surface area contributed by atoms with Crippen LogP contribution >= 0.6 is 0 Å². The monoisotopic (exact) mass is 355 g/mol. The zero-order chi connectivity index (χ0) is 18.9. The molecule has 138 valence electrons. The highest BCUT2D eigenvalue weighted by Gasteiger charge is 2.11. The molecule has 2 aromatic rings. The molecule has 0 unspecified atom stereocenters. The van der Waals surface area contributed by atoms with E-state index in [4.69, 9.17) is 9.47 Å². The molecule has 0 saturated heterocycles. The van der Waals surface area contributed by atoms with Crippen molar-refractivity contribution in [3.8, 4) is 11.5 Å². The van der Waals surface area contributed by atoms with Crippen LogP contribution in [0.4, 0.5) is 0 Å². The van der Waals surface area contributed by atoms with Crippen LogP contribution in [-0.2, 0) is 4.79 Å². The van der Waals surface area contributed by atoms with Gasteiger partial charge in [0.05, 0.1) is 13.7 Å². The highest BCUT2D eigenvalue weighted by Crippen LogP contribution is 2.17. The summed E-state index contributed by atoms with van der Waals surface area (Å²) in [4.78, 5) is 24.2. The highest BCUT2D eigenvalue weighted by molar-refractivity contribution is 5.99. The number of methoxy groups -OCH3 is 1.